The monoisotopic (exact) mass is 356 g/mol. The number of hydrogen-bond donors (Lipinski definition) is 2. The van der Waals surface area contributed by atoms with Gasteiger partial charge in [-0.15, -0.1) is 0 Å². The molecule has 0 fully saturated rings. The third-order valence-corrected chi connectivity index (χ3v) is 4.43. The zero-order valence-electron chi connectivity index (χ0n) is 15.2. The molecular weight excluding hydrogens is 336 g/mol. The summed E-state index contributed by atoms with van der Waals surface area (Å²) in [5, 5.41) is 2.94. The molecule has 0 aliphatic rings. The van der Waals surface area contributed by atoms with Crippen molar-refractivity contribution in [1.29, 1.82) is 0 Å². The van der Waals surface area contributed by atoms with Crippen molar-refractivity contribution in [3.8, 4) is 11.4 Å². The maximum Gasteiger partial charge on any atom is 0.255 e. The van der Waals surface area contributed by atoms with E-state index in [4.69, 9.17) is 0 Å². The van der Waals surface area contributed by atoms with Crippen molar-refractivity contribution in [1.82, 2.24) is 9.97 Å². The van der Waals surface area contributed by atoms with Gasteiger partial charge in [-0.2, -0.15) is 0 Å². The van der Waals surface area contributed by atoms with Gasteiger partial charge in [0.25, 0.3) is 5.91 Å². The Bertz CT molecular complexity index is 1060. The molecule has 27 heavy (non-hydrogen) atoms. The van der Waals surface area contributed by atoms with Crippen LogP contribution in [0.5, 0.6) is 0 Å². The summed E-state index contributed by atoms with van der Waals surface area (Å²) in [7, 11) is 3.90. The molecule has 1 amide bonds. The number of amides is 1. The van der Waals surface area contributed by atoms with Gasteiger partial charge in [0.2, 0.25) is 0 Å². The number of H-pyrrole nitrogens is 1. The highest BCUT2D eigenvalue weighted by molar-refractivity contribution is 6.04. The van der Waals surface area contributed by atoms with E-state index in [2.05, 4.69) is 15.3 Å². The first-order valence-corrected chi connectivity index (χ1v) is 8.74. The number of nitrogens with one attached hydrogen (secondary N) is 2. The van der Waals surface area contributed by atoms with Crippen LogP contribution in [0.3, 0.4) is 0 Å². The lowest BCUT2D eigenvalue weighted by Crippen LogP contribution is -2.14. The first kappa shape index (κ1) is 16.8. The summed E-state index contributed by atoms with van der Waals surface area (Å²) in [4.78, 5) is 22.4. The molecule has 4 aromatic rings. The Labute approximate surface area is 157 Å². The molecule has 0 spiro atoms. The maximum atomic E-state index is 12.5. The highest BCUT2D eigenvalue weighted by atomic mass is 16.1. The van der Waals surface area contributed by atoms with Gasteiger partial charge in [-0.3, -0.25) is 4.79 Å². The second-order valence-corrected chi connectivity index (χ2v) is 6.58. The van der Waals surface area contributed by atoms with E-state index >= 15 is 0 Å². The fourth-order valence-corrected chi connectivity index (χ4v) is 2.93. The van der Waals surface area contributed by atoms with Gasteiger partial charge >= 0.3 is 0 Å². The van der Waals surface area contributed by atoms with E-state index < -0.39 is 0 Å². The normalized spacial score (nSPS) is 10.7. The topological polar surface area (TPSA) is 61.0 Å². The first-order valence-electron chi connectivity index (χ1n) is 8.74. The largest absolute Gasteiger partial charge is 0.378 e. The van der Waals surface area contributed by atoms with E-state index in [9.17, 15) is 4.79 Å². The highest BCUT2D eigenvalue weighted by Gasteiger charge is 2.09. The molecule has 1 heterocycles. The van der Waals surface area contributed by atoms with Gasteiger partial charge < -0.3 is 15.2 Å². The van der Waals surface area contributed by atoms with Gasteiger partial charge in [0.05, 0.1) is 11.0 Å². The predicted molar refractivity (Wildman–Crippen MR) is 110 cm³/mol. The van der Waals surface area contributed by atoms with Gasteiger partial charge in [-0.25, -0.2) is 4.98 Å². The number of nitrogens with zero attached hydrogens (tertiary/aromatic N) is 2. The standard InChI is InChI=1S/C22H20N4O/c1-26(2)18-7-5-6-16(14-18)22(27)23-17-12-10-15(11-13-17)21-24-19-8-3-4-9-20(19)25-21/h3-14H,1-2H3,(H,23,27)(H,24,25). The van der Waals surface area contributed by atoms with E-state index in [0.29, 0.717) is 5.56 Å². The summed E-state index contributed by atoms with van der Waals surface area (Å²) in [6, 6.07) is 23.1. The van der Waals surface area contributed by atoms with E-state index in [-0.39, 0.29) is 5.91 Å². The van der Waals surface area contributed by atoms with Crippen LogP contribution in [0.15, 0.2) is 72.8 Å². The number of carbonyl (C=O) groups excluding carboxylic acids is 1. The molecular formula is C22H20N4O. The minimum atomic E-state index is -0.129. The van der Waals surface area contributed by atoms with Crippen molar-refractivity contribution >= 4 is 28.3 Å². The average molecular weight is 356 g/mol. The number of benzene rings is 3. The molecule has 0 aliphatic heterocycles. The summed E-state index contributed by atoms with van der Waals surface area (Å²) in [6.07, 6.45) is 0. The molecule has 0 saturated carbocycles. The van der Waals surface area contributed by atoms with Crippen LogP contribution < -0.4 is 10.2 Å². The Morgan fingerprint density at radius 3 is 2.48 bits per heavy atom. The van der Waals surface area contributed by atoms with Gasteiger partial charge in [-0.1, -0.05) is 18.2 Å². The molecule has 1 aromatic heterocycles. The van der Waals surface area contributed by atoms with E-state index in [1.165, 1.54) is 0 Å². The zero-order valence-corrected chi connectivity index (χ0v) is 15.2. The van der Waals surface area contributed by atoms with Crippen molar-refractivity contribution in [3.63, 3.8) is 0 Å². The quantitative estimate of drug-likeness (QED) is 0.564. The summed E-state index contributed by atoms with van der Waals surface area (Å²) in [6.45, 7) is 0. The minimum absolute atomic E-state index is 0.129. The summed E-state index contributed by atoms with van der Waals surface area (Å²) >= 11 is 0. The predicted octanol–water partition coefficient (Wildman–Crippen LogP) is 4.55. The Morgan fingerprint density at radius 2 is 1.74 bits per heavy atom. The Kier molecular flexibility index (Phi) is 4.34. The lowest BCUT2D eigenvalue weighted by atomic mass is 10.1. The number of aromatic nitrogens is 2. The van der Waals surface area contributed by atoms with Gasteiger partial charge in [0.1, 0.15) is 5.82 Å². The second-order valence-electron chi connectivity index (χ2n) is 6.58. The Morgan fingerprint density at radius 1 is 0.963 bits per heavy atom. The molecule has 0 bridgehead atoms. The van der Waals surface area contributed by atoms with Crippen molar-refractivity contribution in [3.05, 3.63) is 78.4 Å². The lowest BCUT2D eigenvalue weighted by Gasteiger charge is -2.13. The number of fused-ring (bicyclic) bond motifs is 1. The Hall–Kier alpha value is -3.60. The molecule has 0 radical (unpaired) electrons. The van der Waals surface area contributed by atoms with Gasteiger partial charge in [0, 0.05) is 36.6 Å². The molecule has 4 rings (SSSR count). The number of anilines is 2. The van der Waals surface area contributed by atoms with Crippen LogP contribution in [0.2, 0.25) is 0 Å². The third-order valence-electron chi connectivity index (χ3n) is 4.43. The molecule has 0 aliphatic carbocycles. The fraction of sp³-hybridized carbons (Fsp3) is 0.0909. The molecule has 134 valence electrons. The maximum absolute atomic E-state index is 12.5. The Balaban J connectivity index is 1.52. The summed E-state index contributed by atoms with van der Waals surface area (Å²) in [5.41, 5.74) is 5.27. The molecule has 0 atom stereocenters. The molecule has 0 unspecified atom stereocenters. The number of hydrogen-bond acceptors (Lipinski definition) is 3. The smallest absolute Gasteiger partial charge is 0.255 e. The SMILES string of the molecule is CN(C)c1cccc(C(=O)Nc2ccc(-c3nc4ccccc4[nH]3)cc2)c1. The van der Waals surface area contributed by atoms with E-state index in [1.807, 2.05) is 91.8 Å². The number of para-hydroxylation sites is 2. The lowest BCUT2D eigenvalue weighted by molar-refractivity contribution is 0.102. The second kappa shape index (κ2) is 6.96. The van der Waals surface area contributed by atoms with Crippen molar-refractivity contribution in [2.45, 2.75) is 0 Å². The van der Waals surface area contributed by atoms with Crippen molar-refractivity contribution < 1.29 is 4.79 Å². The van der Waals surface area contributed by atoms with Crippen LogP contribution in [0.4, 0.5) is 11.4 Å². The molecule has 0 saturated heterocycles. The number of carbonyl (C=O) groups is 1. The van der Waals surface area contributed by atoms with Crippen LogP contribution in [0.1, 0.15) is 10.4 Å². The summed E-state index contributed by atoms with van der Waals surface area (Å²) in [5.74, 6) is 0.683. The van der Waals surface area contributed by atoms with Crippen LogP contribution in [-0.4, -0.2) is 30.0 Å². The van der Waals surface area contributed by atoms with Crippen LogP contribution >= 0.6 is 0 Å². The van der Waals surface area contributed by atoms with Gasteiger partial charge in [0.15, 0.2) is 0 Å². The molecule has 2 N–H and O–H groups in total. The van der Waals surface area contributed by atoms with Crippen molar-refractivity contribution in [2.75, 3.05) is 24.3 Å². The average Bonchev–Trinajstić information content (AvgIpc) is 3.13. The zero-order chi connectivity index (χ0) is 18.8. The number of imidazole rings is 1. The molecule has 3 aromatic carbocycles. The van der Waals surface area contributed by atoms with E-state index in [1.54, 1.807) is 0 Å². The highest BCUT2D eigenvalue weighted by Crippen LogP contribution is 2.22. The van der Waals surface area contributed by atoms with Crippen LogP contribution in [0, 0.1) is 0 Å². The fourth-order valence-electron chi connectivity index (χ4n) is 2.93. The van der Waals surface area contributed by atoms with E-state index in [0.717, 1.165) is 33.8 Å². The van der Waals surface area contributed by atoms with Crippen molar-refractivity contribution in [2.24, 2.45) is 0 Å². The number of aromatic amines is 1. The summed E-state index contributed by atoms with van der Waals surface area (Å²) < 4.78 is 0. The molecule has 5 nitrogen and oxygen atoms in total. The minimum Gasteiger partial charge on any atom is -0.378 e. The van der Waals surface area contributed by atoms with Crippen LogP contribution in [-0.2, 0) is 0 Å². The number of rotatable bonds is 4. The third kappa shape index (κ3) is 3.53. The first-order chi connectivity index (χ1) is 13.1. The van der Waals surface area contributed by atoms with Gasteiger partial charge in [-0.05, 0) is 54.6 Å². The van der Waals surface area contributed by atoms with Crippen LogP contribution in [0.25, 0.3) is 22.4 Å². The molecule has 5 heteroatoms.